The van der Waals surface area contributed by atoms with Gasteiger partial charge < -0.3 is 10.1 Å². The van der Waals surface area contributed by atoms with Crippen molar-refractivity contribution in [2.24, 2.45) is 0 Å². The molecule has 110 valence electrons. The van der Waals surface area contributed by atoms with Gasteiger partial charge in [0.1, 0.15) is 0 Å². The molecular weight excluding hydrogens is 294 g/mol. The topological polar surface area (TPSA) is 62.4 Å². The van der Waals surface area contributed by atoms with E-state index in [4.69, 9.17) is 17.0 Å². The van der Waals surface area contributed by atoms with Gasteiger partial charge in [-0.3, -0.25) is 15.6 Å². The summed E-state index contributed by atoms with van der Waals surface area (Å²) >= 11 is 6.59. The zero-order valence-electron chi connectivity index (χ0n) is 11.4. The molecule has 1 fully saturated rings. The Morgan fingerprint density at radius 2 is 2.35 bits per heavy atom. The standard InChI is InChI=1S/C13H19N3O2S2/c1-2-10-5-6-11(20-10)12(17)15-16-13(19)14-8-9-4-3-7-18-9/h5-6,9H,2-4,7-8H2,1H3,(H,15,17)(H2,14,16,19). The van der Waals surface area contributed by atoms with Crippen LogP contribution in [0.1, 0.15) is 34.3 Å². The first-order valence-electron chi connectivity index (χ1n) is 6.73. The van der Waals surface area contributed by atoms with E-state index in [9.17, 15) is 4.79 Å². The van der Waals surface area contributed by atoms with Crippen LogP contribution in [0.25, 0.3) is 0 Å². The van der Waals surface area contributed by atoms with E-state index < -0.39 is 0 Å². The van der Waals surface area contributed by atoms with Crippen molar-refractivity contribution in [3.8, 4) is 0 Å². The number of rotatable bonds is 4. The first kappa shape index (κ1) is 15.2. The monoisotopic (exact) mass is 313 g/mol. The highest BCUT2D eigenvalue weighted by Crippen LogP contribution is 2.16. The number of thiocarbonyl (C=S) groups is 1. The normalized spacial score (nSPS) is 17.8. The number of hydrazine groups is 1. The Kier molecular flexibility index (Phi) is 5.75. The van der Waals surface area contributed by atoms with Gasteiger partial charge in [-0.05, 0) is 43.6 Å². The Balaban J connectivity index is 1.68. The molecule has 1 aromatic heterocycles. The van der Waals surface area contributed by atoms with E-state index in [-0.39, 0.29) is 12.0 Å². The Morgan fingerprint density at radius 3 is 3.00 bits per heavy atom. The molecule has 20 heavy (non-hydrogen) atoms. The van der Waals surface area contributed by atoms with Crippen molar-refractivity contribution in [3.63, 3.8) is 0 Å². The predicted molar refractivity (Wildman–Crippen MR) is 83.9 cm³/mol. The molecule has 0 spiro atoms. The van der Waals surface area contributed by atoms with Gasteiger partial charge in [-0.15, -0.1) is 11.3 Å². The number of amides is 1. The lowest BCUT2D eigenvalue weighted by atomic mass is 10.2. The minimum atomic E-state index is -0.170. The van der Waals surface area contributed by atoms with Crippen molar-refractivity contribution < 1.29 is 9.53 Å². The number of carbonyl (C=O) groups excluding carboxylic acids is 1. The van der Waals surface area contributed by atoms with Gasteiger partial charge in [0.2, 0.25) is 0 Å². The lowest BCUT2D eigenvalue weighted by Gasteiger charge is -2.14. The van der Waals surface area contributed by atoms with E-state index in [0.717, 1.165) is 25.9 Å². The second kappa shape index (κ2) is 7.56. The minimum absolute atomic E-state index is 0.170. The lowest BCUT2D eigenvalue weighted by molar-refractivity contribution is 0.0947. The summed E-state index contributed by atoms with van der Waals surface area (Å²) in [5, 5.41) is 3.44. The Hall–Kier alpha value is -1.18. The molecule has 0 saturated carbocycles. The third-order valence-corrected chi connectivity index (χ3v) is 4.51. The molecule has 1 aliphatic heterocycles. The molecule has 0 aliphatic carbocycles. The zero-order valence-corrected chi connectivity index (χ0v) is 13.0. The van der Waals surface area contributed by atoms with Crippen molar-refractivity contribution in [3.05, 3.63) is 21.9 Å². The summed E-state index contributed by atoms with van der Waals surface area (Å²) in [6, 6.07) is 3.79. The molecule has 3 N–H and O–H groups in total. The van der Waals surface area contributed by atoms with Gasteiger partial charge >= 0.3 is 0 Å². The summed E-state index contributed by atoms with van der Waals surface area (Å²) in [4.78, 5) is 13.7. The number of nitrogens with one attached hydrogen (secondary N) is 3. The molecule has 2 heterocycles. The second-order valence-electron chi connectivity index (χ2n) is 4.54. The third-order valence-electron chi connectivity index (χ3n) is 3.04. The summed E-state index contributed by atoms with van der Waals surface area (Å²) in [6.07, 6.45) is 3.31. The summed E-state index contributed by atoms with van der Waals surface area (Å²) < 4.78 is 5.48. The van der Waals surface area contributed by atoms with Crippen molar-refractivity contribution in [2.45, 2.75) is 32.3 Å². The smallest absolute Gasteiger partial charge is 0.279 e. The van der Waals surface area contributed by atoms with E-state index in [1.807, 2.05) is 12.1 Å². The van der Waals surface area contributed by atoms with Crippen LogP contribution in [0.2, 0.25) is 0 Å². The van der Waals surface area contributed by atoms with E-state index in [1.165, 1.54) is 16.2 Å². The van der Waals surface area contributed by atoms with Crippen LogP contribution in [-0.4, -0.2) is 30.3 Å². The summed E-state index contributed by atoms with van der Waals surface area (Å²) in [5.74, 6) is -0.170. The van der Waals surface area contributed by atoms with Crippen molar-refractivity contribution in [1.82, 2.24) is 16.2 Å². The Bertz CT molecular complexity index is 470. The highest BCUT2D eigenvalue weighted by atomic mass is 32.1. The molecule has 1 atom stereocenters. The fourth-order valence-electron chi connectivity index (χ4n) is 1.92. The SMILES string of the molecule is CCc1ccc(C(=O)NNC(=S)NCC2CCCO2)s1. The number of aryl methyl sites for hydroxylation is 1. The van der Waals surface area contributed by atoms with Crippen LogP contribution in [-0.2, 0) is 11.2 Å². The largest absolute Gasteiger partial charge is 0.376 e. The average molecular weight is 313 g/mol. The zero-order chi connectivity index (χ0) is 14.4. The number of hydrogen-bond acceptors (Lipinski definition) is 4. The summed E-state index contributed by atoms with van der Waals surface area (Å²) in [6.45, 7) is 3.55. The first-order chi connectivity index (χ1) is 9.69. The highest BCUT2D eigenvalue weighted by Gasteiger charge is 2.15. The van der Waals surface area contributed by atoms with Crippen LogP contribution >= 0.6 is 23.6 Å². The third kappa shape index (κ3) is 4.43. The van der Waals surface area contributed by atoms with Gasteiger partial charge in [0, 0.05) is 18.0 Å². The molecule has 0 bridgehead atoms. The van der Waals surface area contributed by atoms with E-state index in [1.54, 1.807) is 0 Å². The molecule has 2 rings (SSSR count). The quantitative estimate of drug-likeness (QED) is 0.582. The molecule has 0 aromatic carbocycles. The maximum Gasteiger partial charge on any atom is 0.279 e. The van der Waals surface area contributed by atoms with Crippen molar-refractivity contribution in [1.29, 1.82) is 0 Å². The van der Waals surface area contributed by atoms with Crippen LogP contribution in [0, 0.1) is 0 Å². The molecule has 1 unspecified atom stereocenters. The van der Waals surface area contributed by atoms with E-state index >= 15 is 0 Å². The Morgan fingerprint density at radius 1 is 1.50 bits per heavy atom. The fourth-order valence-corrected chi connectivity index (χ4v) is 2.90. The van der Waals surface area contributed by atoms with Crippen molar-refractivity contribution in [2.75, 3.05) is 13.2 Å². The van der Waals surface area contributed by atoms with Gasteiger partial charge in [-0.1, -0.05) is 6.92 Å². The van der Waals surface area contributed by atoms with Gasteiger partial charge in [0.15, 0.2) is 5.11 Å². The summed E-state index contributed by atoms with van der Waals surface area (Å²) in [5.41, 5.74) is 5.29. The molecule has 1 amide bonds. The van der Waals surface area contributed by atoms with Gasteiger partial charge in [0.05, 0.1) is 11.0 Å². The van der Waals surface area contributed by atoms with Crippen LogP contribution in [0.5, 0.6) is 0 Å². The fraction of sp³-hybridized carbons (Fsp3) is 0.538. The number of ether oxygens (including phenoxy) is 1. The highest BCUT2D eigenvalue weighted by molar-refractivity contribution is 7.80. The molecule has 5 nitrogen and oxygen atoms in total. The van der Waals surface area contributed by atoms with Gasteiger partial charge in [-0.25, -0.2) is 0 Å². The molecule has 1 saturated heterocycles. The molecular formula is C13H19N3O2S2. The summed E-state index contributed by atoms with van der Waals surface area (Å²) in [7, 11) is 0. The number of hydrogen-bond donors (Lipinski definition) is 3. The minimum Gasteiger partial charge on any atom is -0.376 e. The van der Waals surface area contributed by atoms with Gasteiger partial charge in [0.25, 0.3) is 5.91 Å². The molecule has 7 heteroatoms. The predicted octanol–water partition coefficient (Wildman–Crippen LogP) is 1.60. The maximum absolute atomic E-state index is 11.9. The van der Waals surface area contributed by atoms with E-state index in [0.29, 0.717) is 16.5 Å². The number of thiophene rings is 1. The maximum atomic E-state index is 11.9. The van der Waals surface area contributed by atoms with Gasteiger partial charge in [-0.2, -0.15) is 0 Å². The number of carbonyl (C=O) groups is 1. The average Bonchev–Trinajstić information content (AvgIpc) is 3.12. The van der Waals surface area contributed by atoms with Crippen molar-refractivity contribution >= 4 is 34.6 Å². The van der Waals surface area contributed by atoms with Crippen LogP contribution in [0.3, 0.4) is 0 Å². The molecule has 0 radical (unpaired) electrons. The molecule has 1 aromatic rings. The lowest BCUT2D eigenvalue weighted by Crippen LogP contribution is -2.48. The molecule has 1 aliphatic rings. The van der Waals surface area contributed by atoms with Crippen LogP contribution in [0.15, 0.2) is 12.1 Å². The Labute approximate surface area is 128 Å². The first-order valence-corrected chi connectivity index (χ1v) is 7.96. The van der Waals surface area contributed by atoms with Crippen LogP contribution in [0.4, 0.5) is 0 Å². The second-order valence-corrected chi connectivity index (χ2v) is 6.12. The van der Waals surface area contributed by atoms with E-state index in [2.05, 4.69) is 23.1 Å². The van der Waals surface area contributed by atoms with Crippen LogP contribution < -0.4 is 16.2 Å².